The first-order chi connectivity index (χ1) is 19.2. The van der Waals surface area contributed by atoms with Crippen LogP contribution in [0.15, 0.2) is 36.7 Å². The van der Waals surface area contributed by atoms with E-state index in [1.807, 2.05) is 0 Å². The molecule has 5 rings (SSSR count). The van der Waals surface area contributed by atoms with Crippen molar-refractivity contribution >= 4 is 42.1 Å². The van der Waals surface area contributed by atoms with Crippen LogP contribution in [0.25, 0.3) is 11.2 Å². The Balaban J connectivity index is 1.35. The first-order valence-electron chi connectivity index (χ1n) is 13.4. The summed E-state index contributed by atoms with van der Waals surface area (Å²) in [6.07, 6.45) is 3.81. The molecule has 216 valence electrons. The number of esters is 1. The molecule has 3 heterocycles. The molecule has 12 nitrogen and oxygen atoms in total. The molecule has 3 aromatic rings. The smallest absolute Gasteiger partial charge is 0.380 e. The van der Waals surface area contributed by atoms with Crippen molar-refractivity contribution in [3.8, 4) is 5.75 Å². The molecule has 2 fully saturated rings. The van der Waals surface area contributed by atoms with Gasteiger partial charge in [-0.2, -0.15) is 9.97 Å². The van der Waals surface area contributed by atoms with Gasteiger partial charge in [-0.05, 0) is 49.4 Å². The number of hydrogen-bond acceptors (Lipinski definition) is 11. The number of hydrogen-bond donors (Lipinski definition) is 2. The zero-order valence-corrected chi connectivity index (χ0v) is 23.7. The number of benzene rings is 1. The number of rotatable bonds is 10. The van der Waals surface area contributed by atoms with Crippen molar-refractivity contribution in [3.63, 3.8) is 0 Å². The fraction of sp³-hybridized carbons (Fsp3) is 0.538. The molecule has 5 atom stereocenters. The second kappa shape index (κ2) is 12.4. The molecule has 0 radical (unpaired) electrons. The molecule has 1 saturated heterocycles. The summed E-state index contributed by atoms with van der Waals surface area (Å²) in [4.78, 5) is 25.3. The van der Waals surface area contributed by atoms with Crippen LogP contribution in [0.2, 0.25) is 5.28 Å². The summed E-state index contributed by atoms with van der Waals surface area (Å²) >= 11 is 6.00. The lowest BCUT2D eigenvalue weighted by molar-refractivity contribution is -0.154. The number of nitrogens with zero attached hydrogens (tertiary/aromatic N) is 4. The summed E-state index contributed by atoms with van der Waals surface area (Å²) in [5.41, 5.74) is 6.63. The minimum Gasteiger partial charge on any atom is -0.462 e. The number of aromatic nitrogens is 4. The van der Waals surface area contributed by atoms with Gasteiger partial charge in [-0.1, -0.05) is 31.5 Å². The van der Waals surface area contributed by atoms with E-state index < -0.39 is 44.5 Å². The highest BCUT2D eigenvalue weighted by atomic mass is 35.5. The summed E-state index contributed by atoms with van der Waals surface area (Å²) in [5.74, 6) is -0.738. The molecule has 1 aliphatic carbocycles. The van der Waals surface area contributed by atoms with Crippen LogP contribution in [0.5, 0.6) is 5.75 Å². The Morgan fingerprint density at radius 1 is 1.25 bits per heavy atom. The number of aliphatic hydroxyl groups is 1. The van der Waals surface area contributed by atoms with Crippen LogP contribution in [0.1, 0.15) is 51.7 Å². The topological polar surface area (TPSA) is 161 Å². The number of carbonyl (C=O) groups is 1. The Hall–Kier alpha value is -2.76. The molecular weight excluding hydrogens is 561 g/mol. The summed E-state index contributed by atoms with van der Waals surface area (Å²) in [6.45, 7) is 1.24. The van der Waals surface area contributed by atoms with Crippen molar-refractivity contribution in [1.29, 1.82) is 0 Å². The Labute approximate surface area is 236 Å². The van der Waals surface area contributed by atoms with Crippen LogP contribution in [-0.2, 0) is 23.4 Å². The monoisotopic (exact) mass is 593 g/mol. The van der Waals surface area contributed by atoms with Crippen LogP contribution in [-0.4, -0.2) is 61.7 Å². The van der Waals surface area contributed by atoms with Crippen LogP contribution >= 0.6 is 19.2 Å². The molecule has 2 aromatic heterocycles. The Bertz CT molecular complexity index is 1370. The van der Waals surface area contributed by atoms with Gasteiger partial charge in [0.25, 0.3) is 0 Å². The van der Waals surface area contributed by atoms with Crippen LogP contribution < -0.4 is 10.3 Å². The van der Waals surface area contributed by atoms with Crippen molar-refractivity contribution in [1.82, 2.24) is 19.5 Å². The second-order valence-corrected chi connectivity index (χ2v) is 12.5. The molecule has 40 heavy (non-hydrogen) atoms. The van der Waals surface area contributed by atoms with Gasteiger partial charge in [0, 0.05) is 6.42 Å². The number of anilines is 1. The largest absolute Gasteiger partial charge is 0.462 e. The van der Waals surface area contributed by atoms with Crippen LogP contribution in [0.3, 0.4) is 0 Å². The van der Waals surface area contributed by atoms with Gasteiger partial charge in [0.2, 0.25) is 5.28 Å². The first kappa shape index (κ1) is 28.8. The number of carbonyl (C=O) groups excluding carboxylic acids is 1. The predicted octanol–water partition coefficient (Wildman–Crippen LogP) is 4.51. The molecule has 1 aliphatic heterocycles. The van der Waals surface area contributed by atoms with E-state index >= 15 is 0 Å². The number of nitrogen functional groups attached to an aromatic ring is 1. The lowest BCUT2D eigenvalue weighted by atomic mass is 9.98. The van der Waals surface area contributed by atoms with Gasteiger partial charge >= 0.3 is 13.6 Å². The maximum atomic E-state index is 14.2. The fourth-order valence-corrected chi connectivity index (χ4v) is 7.36. The number of halogens is 1. The molecule has 1 saturated carbocycles. The SMILES string of the molecule is C[C@H](CP(=O)(Oc1ccccc1)OC1C[C@H](n2cnc3c(N)nc(Cl)nc32)O[C@@H]1CO)C(=O)OC1CCCCC1. The summed E-state index contributed by atoms with van der Waals surface area (Å²) in [5, 5.41) is 10.0. The lowest BCUT2D eigenvalue weighted by Crippen LogP contribution is -2.30. The van der Waals surface area contributed by atoms with Crippen molar-refractivity contribution in [2.75, 3.05) is 18.5 Å². The maximum absolute atomic E-state index is 14.2. The van der Waals surface area contributed by atoms with Gasteiger partial charge < -0.3 is 24.8 Å². The minimum absolute atomic E-state index is 0.0499. The van der Waals surface area contributed by atoms with Gasteiger partial charge in [0.1, 0.15) is 35.8 Å². The first-order valence-corrected chi connectivity index (χ1v) is 15.5. The number of nitrogens with two attached hydrogens (primary N) is 1. The van der Waals surface area contributed by atoms with Gasteiger partial charge in [-0.3, -0.25) is 13.9 Å². The van der Waals surface area contributed by atoms with Crippen molar-refractivity contribution in [3.05, 3.63) is 41.9 Å². The third-order valence-electron chi connectivity index (χ3n) is 7.11. The van der Waals surface area contributed by atoms with Crippen molar-refractivity contribution < 1.29 is 33.0 Å². The Morgan fingerprint density at radius 2 is 2.00 bits per heavy atom. The quantitative estimate of drug-likeness (QED) is 0.193. The van der Waals surface area contributed by atoms with Crippen molar-refractivity contribution in [2.24, 2.45) is 5.92 Å². The fourth-order valence-electron chi connectivity index (χ4n) is 5.09. The number of fused-ring (bicyclic) bond motifs is 1. The molecule has 1 aromatic carbocycles. The Morgan fingerprint density at radius 3 is 2.73 bits per heavy atom. The van der Waals surface area contributed by atoms with E-state index in [2.05, 4.69) is 15.0 Å². The molecule has 2 unspecified atom stereocenters. The lowest BCUT2D eigenvalue weighted by Gasteiger charge is -2.27. The summed E-state index contributed by atoms with van der Waals surface area (Å²) in [7, 11) is -3.95. The Kier molecular flexibility index (Phi) is 8.92. The van der Waals surface area contributed by atoms with Crippen LogP contribution in [0, 0.1) is 5.92 Å². The van der Waals surface area contributed by atoms with Crippen molar-refractivity contribution in [2.45, 2.75) is 70.0 Å². The summed E-state index contributed by atoms with van der Waals surface area (Å²) in [6, 6.07) is 8.61. The third-order valence-corrected chi connectivity index (χ3v) is 9.36. The molecule has 0 bridgehead atoms. The number of imidazole rings is 1. The molecule has 0 amide bonds. The average molecular weight is 594 g/mol. The van der Waals surface area contributed by atoms with E-state index in [1.165, 1.54) is 6.33 Å². The minimum atomic E-state index is -3.95. The van der Waals surface area contributed by atoms with Gasteiger partial charge in [0.15, 0.2) is 11.5 Å². The zero-order chi connectivity index (χ0) is 28.3. The van der Waals surface area contributed by atoms with E-state index in [0.717, 1.165) is 32.1 Å². The third kappa shape index (κ3) is 6.58. The van der Waals surface area contributed by atoms with E-state index in [9.17, 15) is 14.5 Å². The molecule has 14 heteroatoms. The highest BCUT2D eigenvalue weighted by molar-refractivity contribution is 7.54. The highest BCUT2D eigenvalue weighted by Crippen LogP contribution is 2.53. The molecular formula is C26H33ClN5O7P. The van der Waals surface area contributed by atoms with E-state index in [0.29, 0.717) is 16.9 Å². The van der Waals surface area contributed by atoms with Gasteiger partial charge in [-0.15, -0.1) is 0 Å². The average Bonchev–Trinajstić information content (AvgIpc) is 3.53. The predicted molar refractivity (Wildman–Crippen MR) is 147 cm³/mol. The van der Waals surface area contributed by atoms with Gasteiger partial charge in [0.05, 0.1) is 25.0 Å². The maximum Gasteiger partial charge on any atom is 0.380 e. The highest BCUT2D eigenvalue weighted by Gasteiger charge is 2.44. The molecule has 3 N–H and O–H groups in total. The molecule has 2 aliphatic rings. The standard InChI is InChI=1S/C26H33ClN5O7P/c1-16(25(34)36-17-8-4-2-5-9-17)14-40(35,38-18-10-6-3-7-11-18)39-19-12-21(37-20(19)13-33)32-15-29-22-23(28)30-26(27)31-24(22)32/h3,6-7,10-11,15-17,19-21,33H,2,4-5,8-9,12-14H2,1H3,(H2,28,30,31)/t16-,19?,20-,21-,40?/m1/s1. The normalized spacial score (nSPS) is 24.0. The molecule has 0 spiro atoms. The number of para-hydroxylation sites is 1. The van der Waals surface area contributed by atoms with Gasteiger partial charge in [-0.25, -0.2) is 9.55 Å². The van der Waals surface area contributed by atoms with E-state index in [1.54, 1.807) is 41.8 Å². The van der Waals surface area contributed by atoms with Crippen LogP contribution in [0.4, 0.5) is 5.82 Å². The number of ether oxygens (including phenoxy) is 2. The zero-order valence-electron chi connectivity index (χ0n) is 22.1. The van der Waals surface area contributed by atoms with E-state index in [4.69, 9.17) is 35.9 Å². The second-order valence-electron chi connectivity index (χ2n) is 10.2. The van der Waals surface area contributed by atoms with E-state index in [-0.39, 0.29) is 29.8 Å². The number of aliphatic hydroxyl groups excluding tert-OH is 1. The summed E-state index contributed by atoms with van der Waals surface area (Å²) < 4.78 is 39.6.